The number of likely N-dealkylation sites (tertiary alicyclic amines) is 1. The van der Waals surface area contributed by atoms with E-state index in [0.29, 0.717) is 25.3 Å². The topological polar surface area (TPSA) is 63.0 Å². The molecule has 166 valence electrons. The summed E-state index contributed by atoms with van der Waals surface area (Å²) in [5.74, 6) is 1.58. The standard InChI is InChI=1S/C25H32N2O4/c1-4-26(5-2)22(28)16-19-17-25(31-21-9-7-6-8-20(19)21)11-13-27(14-12-25)24(29)23-18(3)10-15-30-23/h6-10,15,19H,4-5,11-14,16-17H2,1-3H3. The van der Waals surface area contributed by atoms with E-state index in [1.54, 1.807) is 6.26 Å². The zero-order valence-corrected chi connectivity index (χ0v) is 18.7. The molecule has 2 aromatic rings. The van der Waals surface area contributed by atoms with Crippen LogP contribution in [0.3, 0.4) is 0 Å². The number of hydrogen-bond acceptors (Lipinski definition) is 4. The lowest BCUT2D eigenvalue weighted by atomic mass is 9.76. The number of rotatable bonds is 5. The van der Waals surface area contributed by atoms with Gasteiger partial charge < -0.3 is 19.0 Å². The number of benzene rings is 1. The molecule has 1 spiro atoms. The molecule has 6 heteroatoms. The minimum absolute atomic E-state index is 0.0539. The minimum atomic E-state index is -0.336. The molecule has 2 aliphatic heterocycles. The first-order valence-electron chi connectivity index (χ1n) is 11.4. The third kappa shape index (κ3) is 4.21. The molecule has 2 aliphatic rings. The van der Waals surface area contributed by atoms with Crippen LogP contribution in [0, 0.1) is 6.92 Å². The number of ether oxygens (including phenoxy) is 1. The van der Waals surface area contributed by atoms with E-state index in [9.17, 15) is 9.59 Å². The minimum Gasteiger partial charge on any atom is -0.487 e. The molecule has 1 aromatic carbocycles. The predicted octanol–water partition coefficient (Wildman–Crippen LogP) is 4.39. The van der Waals surface area contributed by atoms with Crippen LogP contribution in [0.2, 0.25) is 0 Å². The summed E-state index contributed by atoms with van der Waals surface area (Å²) < 4.78 is 11.9. The van der Waals surface area contributed by atoms with Crippen LogP contribution in [0.1, 0.15) is 67.1 Å². The highest BCUT2D eigenvalue weighted by molar-refractivity contribution is 5.92. The largest absolute Gasteiger partial charge is 0.487 e. The molecule has 0 bridgehead atoms. The molecular formula is C25H32N2O4. The number of amides is 2. The summed E-state index contributed by atoms with van der Waals surface area (Å²) in [5, 5.41) is 0. The zero-order chi connectivity index (χ0) is 22.0. The maximum atomic E-state index is 12.9. The average molecular weight is 425 g/mol. The fraction of sp³-hybridized carbons (Fsp3) is 0.520. The Morgan fingerprint density at radius 3 is 2.48 bits per heavy atom. The Balaban J connectivity index is 1.50. The molecule has 1 aromatic heterocycles. The Morgan fingerprint density at radius 1 is 1.13 bits per heavy atom. The SMILES string of the molecule is CCN(CC)C(=O)CC1CC2(CCN(C(=O)c3occc3C)CC2)Oc2ccccc21. The van der Waals surface area contributed by atoms with Gasteiger partial charge in [-0.05, 0) is 44.9 Å². The summed E-state index contributed by atoms with van der Waals surface area (Å²) in [6.07, 6.45) is 4.37. The number of nitrogens with zero attached hydrogens (tertiary/aromatic N) is 2. The highest BCUT2D eigenvalue weighted by Crippen LogP contribution is 2.46. The van der Waals surface area contributed by atoms with Crippen LogP contribution in [-0.4, -0.2) is 53.4 Å². The van der Waals surface area contributed by atoms with Crippen molar-refractivity contribution in [2.24, 2.45) is 0 Å². The number of furan rings is 1. The van der Waals surface area contributed by atoms with Gasteiger partial charge in [0.25, 0.3) is 5.91 Å². The normalized spacial score (nSPS) is 19.6. The second-order valence-electron chi connectivity index (χ2n) is 8.72. The monoisotopic (exact) mass is 424 g/mol. The van der Waals surface area contributed by atoms with Crippen molar-refractivity contribution in [2.75, 3.05) is 26.2 Å². The number of carbonyl (C=O) groups excluding carboxylic acids is 2. The van der Waals surface area contributed by atoms with Gasteiger partial charge in [0, 0.05) is 56.9 Å². The van der Waals surface area contributed by atoms with Crippen LogP contribution < -0.4 is 4.74 Å². The highest BCUT2D eigenvalue weighted by atomic mass is 16.5. The Hall–Kier alpha value is -2.76. The molecule has 1 fully saturated rings. The maximum Gasteiger partial charge on any atom is 0.289 e. The number of para-hydroxylation sites is 1. The number of aryl methyl sites for hydroxylation is 1. The summed E-state index contributed by atoms with van der Waals surface area (Å²) in [4.78, 5) is 29.5. The van der Waals surface area contributed by atoms with Gasteiger partial charge in [-0.2, -0.15) is 0 Å². The Kier molecular flexibility index (Phi) is 6.08. The molecule has 1 atom stereocenters. The van der Waals surface area contributed by atoms with E-state index in [1.807, 2.05) is 54.8 Å². The maximum absolute atomic E-state index is 12.9. The van der Waals surface area contributed by atoms with Crippen LogP contribution in [0.5, 0.6) is 5.75 Å². The molecule has 0 aliphatic carbocycles. The predicted molar refractivity (Wildman–Crippen MR) is 118 cm³/mol. The first-order valence-corrected chi connectivity index (χ1v) is 11.4. The molecule has 1 saturated heterocycles. The lowest BCUT2D eigenvalue weighted by Gasteiger charge is -2.47. The number of fused-ring (bicyclic) bond motifs is 1. The molecule has 6 nitrogen and oxygen atoms in total. The van der Waals surface area contributed by atoms with Gasteiger partial charge >= 0.3 is 0 Å². The summed E-state index contributed by atoms with van der Waals surface area (Å²) in [6.45, 7) is 8.64. The third-order valence-corrected chi connectivity index (χ3v) is 6.86. The lowest BCUT2D eigenvalue weighted by molar-refractivity contribution is -0.131. The van der Waals surface area contributed by atoms with Crippen molar-refractivity contribution in [3.05, 3.63) is 53.5 Å². The van der Waals surface area contributed by atoms with Crippen LogP contribution in [0.25, 0.3) is 0 Å². The molecule has 3 heterocycles. The molecule has 0 radical (unpaired) electrons. The first kappa shape index (κ1) is 21.5. The fourth-order valence-electron chi connectivity index (χ4n) is 5.00. The van der Waals surface area contributed by atoms with E-state index in [-0.39, 0.29) is 23.3 Å². The summed E-state index contributed by atoms with van der Waals surface area (Å²) in [7, 11) is 0. The Labute approximate surface area is 184 Å². The smallest absolute Gasteiger partial charge is 0.289 e. The van der Waals surface area contributed by atoms with Gasteiger partial charge in [-0.1, -0.05) is 18.2 Å². The van der Waals surface area contributed by atoms with Crippen molar-refractivity contribution < 1.29 is 18.7 Å². The van der Waals surface area contributed by atoms with Crippen molar-refractivity contribution in [3.8, 4) is 5.75 Å². The molecule has 1 unspecified atom stereocenters. The van der Waals surface area contributed by atoms with Crippen LogP contribution in [0.4, 0.5) is 0 Å². The van der Waals surface area contributed by atoms with E-state index in [4.69, 9.17) is 9.15 Å². The van der Waals surface area contributed by atoms with Crippen molar-refractivity contribution in [3.63, 3.8) is 0 Å². The molecule has 2 amide bonds. The number of hydrogen-bond donors (Lipinski definition) is 0. The summed E-state index contributed by atoms with van der Waals surface area (Å²) in [5.41, 5.74) is 1.65. The molecule has 0 N–H and O–H groups in total. The second kappa shape index (κ2) is 8.77. The second-order valence-corrected chi connectivity index (χ2v) is 8.72. The number of piperidine rings is 1. The quantitative estimate of drug-likeness (QED) is 0.714. The van der Waals surface area contributed by atoms with Crippen molar-refractivity contribution in [2.45, 2.75) is 58.0 Å². The van der Waals surface area contributed by atoms with Crippen molar-refractivity contribution in [1.29, 1.82) is 0 Å². The van der Waals surface area contributed by atoms with E-state index < -0.39 is 0 Å². The van der Waals surface area contributed by atoms with Gasteiger partial charge in [-0.15, -0.1) is 0 Å². The summed E-state index contributed by atoms with van der Waals surface area (Å²) in [6, 6.07) is 9.91. The van der Waals surface area contributed by atoms with Crippen molar-refractivity contribution in [1.82, 2.24) is 9.80 Å². The van der Waals surface area contributed by atoms with Crippen molar-refractivity contribution >= 4 is 11.8 Å². The molecule has 0 saturated carbocycles. The fourth-order valence-corrected chi connectivity index (χ4v) is 5.00. The zero-order valence-electron chi connectivity index (χ0n) is 18.7. The Morgan fingerprint density at radius 2 is 1.84 bits per heavy atom. The molecule has 31 heavy (non-hydrogen) atoms. The van der Waals surface area contributed by atoms with Gasteiger partial charge in [0.15, 0.2) is 5.76 Å². The van der Waals surface area contributed by atoms with Gasteiger partial charge in [0.1, 0.15) is 11.4 Å². The van der Waals surface area contributed by atoms with Gasteiger partial charge in [0.05, 0.1) is 6.26 Å². The van der Waals surface area contributed by atoms with Crippen LogP contribution >= 0.6 is 0 Å². The first-order chi connectivity index (χ1) is 15.0. The van der Waals surface area contributed by atoms with Gasteiger partial charge in [-0.25, -0.2) is 0 Å². The van der Waals surface area contributed by atoms with E-state index >= 15 is 0 Å². The third-order valence-electron chi connectivity index (χ3n) is 6.86. The lowest BCUT2D eigenvalue weighted by Crippen LogP contribution is -2.52. The highest BCUT2D eigenvalue weighted by Gasteiger charge is 2.44. The molecular weight excluding hydrogens is 392 g/mol. The van der Waals surface area contributed by atoms with E-state index in [1.165, 1.54) is 0 Å². The van der Waals surface area contributed by atoms with Crippen LogP contribution in [-0.2, 0) is 4.79 Å². The van der Waals surface area contributed by atoms with Crippen LogP contribution in [0.15, 0.2) is 41.0 Å². The van der Waals surface area contributed by atoms with E-state index in [0.717, 1.165) is 49.2 Å². The van der Waals surface area contributed by atoms with Gasteiger partial charge in [0.2, 0.25) is 5.91 Å². The van der Waals surface area contributed by atoms with Gasteiger partial charge in [-0.3, -0.25) is 9.59 Å². The molecule has 4 rings (SSSR count). The van der Waals surface area contributed by atoms with E-state index in [2.05, 4.69) is 6.07 Å². The average Bonchev–Trinajstić information content (AvgIpc) is 3.20. The Bertz CT molecular complexity index is 939. The summed E-state index contributed by atoms with van der Waals surface area (Å²) >= 11 is 0. The number of carbonyl (C=O) groups is 2.